The van der Waals surface area contributed by atoms with Crippen molar-refractivity contribution in [1.82, 2.24) is 4.90 Å². The summed E-state index contributed by atoms with van der Waals surface area (Å²) in [7, 11) is -0.884. The molecule has 0 aromatic heterocycles. The van der Waals surface area contributed by atoms with Crippen LogP contribution in [0.1, 0.15) is 26.2 Å². The molecule has 2 unspecified atom stereocenters. The molecule has 1 aliphatic carbocycles. The zero-order chi connectivity index (χ0) is 12.4. The minimum Gasteiger partial charge on any atom is -0.329 e. The predicted octanol–water partition coefficient (Wildman–Crippen LogP) is 0.480. The summed E-state index contributed by atoms with van der Waals surface area (Å²) >= 11 is 0. The molecule has 4 nitrogen and oxygen atoms in total. The summed E-state index contributed by atoms with van der Waals surface area (Å²) in [5.41, 5.74) is 5.93. The van der Waals surface area contributed by atoms with Gasteiger partial charge in [-0.15, -0.1) is 0 Å². The van der Waals surface area contributed by atoms with Gasteiger partial charge in [0.1, 0.15) is 9.84 Å². The Hall–Kier alpha value is -0.130. The molecule has 5 heteroatoms. The van der Waals surface area contributed by atoms with Crippen LogP contribution in [0.4, 0.5) is 0 Å². The Bertz CT molecular complexity index is 329. The Morgan fingerprint density at radius 1 is 1.50 bits per heavy atom. The molecule has 1 fully saturated rings. The fourth-order valence-corrected chi connectivity index (χ4v) is 3.39. The third-order valence-electron chi connectivity index (χ3n) is 4.08. The Labute approximate surface area is 99.1 Å². The average molecular weight is 248 g/mol. The van der Waals surface area contributed by atoms with Crippen LogP contribution in [0.15, 0.2) is 0 Å². The summed E-state index contributed by atoms with van der Waals surface area (Å²) in [6.45, 7) is 3.42. The smallest absolute Gasteiger partial charge is 0.148 e. The highest BCUT2D eigenvalue weighted by atomic mass is 32.2. The van der Waals surface area contributed by atoms with E-state index in [0.717, 1.165) is 6.42 Å². The first-order chi connectivity index (χ1) is 7.32. The maximum absolute atomic E-state index is 11.2. The monoisotopic (exact) mass is 248 g/mol. The topological polar surface area (TPSA) is 63.4 Å². The summed E-state index contributed by atoms with van der Waals surface area (Å²) in [5.74, 6) is 0.778. The molecule has 0 aromatic carbocycles. The van der Waals surface area contributed by atoms with Gasteiger partial charge >= 0.3 is 0 Å². The molecule has 0 saturated heterocycles. The van der Waals surface area contributed by atoms with Crippen LogP contribution in [-0.4, -0.2) is 51.0 Å². The number of sulfone groups is 1. The first kappa shape index (κ1) is 13.9. The lowest BCUT2D eigenvalue weighted by Gasteiger charge is -2.41. The minimum absolute atomic E-state index is 0.0185. The maximum Gasteiger partial charge on any atom is 0.148 e. The van der Waals surface area contributed by atoms with Gasteiger partial charge in [0.25, 0.3) is 0 Å². The van der Waals surface area contributed by atoms with Crippen molar-refractivity contribution < 1.29 is 8.42 Å². The van der Waals surface area contributed by atoms with Gasteiger partial charge in [-0.2, -0.15) is 0 Å². The minimum atomic E-state index is -2.88. The maximum atomic E-state index is 11.2. The fourth-order valence-electron chi connectivity index (χ4n) is 2.78. The largest absolute Gasteiger partial charge is 0.329 e. The van der Waals surface area contributed by atoms with Gasteiger partial charge in [0.2, 0.25) is 0 Å². The molecule has 0 amide bonds. The lowest BCUT2D eigenvalue weighted by Crippen LogP contribution is -2.55. The number of nitrogens with zero attached hydrogens (tertiary/aromatic N) is 1. The van der Waals surface area contributed by atoms with E-state index in [0.29, 0.717) is 19.0 Å². The van der Waals surface area contributed by atoms with E-state index in [1.165, 1.54) is 19.1 Å². The number of nitrogens with two attached hydrogens (primary N) is 1. The van der Waals surface area contributed by atoms with E-state index in [1.807, 2.05) is 7.05 Å². The van der Waals surface area contributed by atoms with Gasteiger partial charge in [-0.25, -0.2) is 8.42 Å². The number of hydrogen-bond donors (Lipinski definition) is 1. The van der Waals surface area contributed by atoms with Gasteiger partial charge in [-0.3, -0.25) is 4.90 Å². The summed E-state index contributed by atoms with van der Waals surface area (Å²) < 4.78 is 22.3. The van der Waals surface area contributed by atoms with E-state index < -0.39 is 9.84 Å². The second-order valence-electron chi connectivity index (χ2n) is 5.15. The molecule has 0 bridgehead atoms. The van der Waals surface area contributed by atoms with Gasteiger partial charge in [-0.05, 0) is 25.8 Å². The van der Waals surface area contributed by atoms with Crippen molar-refractivity contribution in [2.75, 3.05) is 32.1 Å². The van der Waals surface area contributed by atoms with Gasteiger partial charge < -0.3 is 5.73 Å². The van der Waals surface area contributed by atoms with Crippen molar-refractivity contribution in [2.24, 2.45) is 11.7 Å². The average Bonchev–Trinajstić information content (AvgIpc) is 2.56. The van der Waals surface area contributed by atoms with E-state index in [1.54, 1.807) is 0 Å². The highest BCUT2D eigenvalue weighted by Gasteiger charge is 2.42. The SMILES string of the molecule is CC1CCCC1(CN)N(C)CCS(C)(=O)=O. The molecule has 0 radical (unpaired) electrons. The highest BCUT2D eigenvalue weighted by Crippen LogP contribution is 2.38. The van der Waals surface area contributed by atoms with Crippen molar-refractivity contribution in [3.63, 3.8) is 0 Å². The molecule has 0 aromatic rings. The summed E-state index contributed by atoms with van der Waals surface area (Å²) in [6, 6.07) is 0. The molecule has 0 spiro atoms. The van der Waals surface area contributed by atoms with E-state index in [-0.39, 0.29) is 11.3 Å². The quantitative estimate of drug-likeness (QED) is 0.768. The third-order valence-corrected chi connectivity index (χ3v) is 5.00. The van der Waals surface area contributed by atoms with Crippen molar-refractivity contribution in [2.45, 2.75) is 31.7 Å². The van der Waals surface area contributed by atoms with Crippen LogP contribution in [0, 0.1) is 5.92 Å². The van der Waals surface area contributed by atoms with Crippen molar-refractivity contribution in [3.05, 3.63) is 0 Å². The van der Waals surface area contributed by atoms with Crippen molar-refractivity contribution in [3.8, 4) is 0 Å². The summed E-state index contributed by atoms with van der Waals surface area (Å²) in [6.07, 6.45) is 4.76. The Kier molecular flexibility index (Phi) is 4.37. The zero-order valence-electron chi connectivity index (χ0n) is 10.6. The van der Waals surface area contributed by atoms with Crippen LogP contribution in [0.5, 0.6) is 0 Å². The van der Waals surface area contributed by atoms with Crippen LogP contribution < -0.4 is 5.73 Å². The van der Waals surface area contributed by atoms with Gasteiger partial charge in [0.05, 0.1) is 5.75 Å². The molecule has 0 aliphatic heterocycles. The normalized spacial score (nSPS) is 31.2. The highest BCUT2D eigenvalue weighted by molar-refractivity contribution is 7.90. The van der Waals surface area contributed by atoms with Crippen LogP contribution in [0.3, 0.4) is 0 Å². The third kappa shape index (κ3) is 2.96. The van der Waals surface area contributed by atoms with Gasteiger partial charge in [0.15, 0.2) is 0 Å². The molecule has 96 valence electrons. The number of hydrogen-bond acceptors (Lipinski definition) is 4. The second kappa shape index (κ2) is 5.02. The predicted molar refractivity (Wildman–Crippen MR) is 67.1 cm³/mol. The number of likely N-dealkylation sites (N-methyl/N-ethyl adjacent to an activating group) is 1. The lowest BCUT2D eigenvalue weighted by molar-refractivity contribution is 0.0981. The van der Waals surface area contributed by atoms with E-state index in [9.17, 15) is 8.42 Å². The van der Waals surface area contributed by atoms with Crippen molar-refractivity contribution in [1.29, 1.82) is 0 Å². The van der Waals surface area contributed by atoms with E-state index >= 15 is 0 Å². The zero-order valence-corrected chi connectivity index (χ0v) is 11.4. The van der Waals surface area contributed by atoms with Crippen LogP contribution in [-0.2, 0) is 9.84 Å². The van der Waals surface area contributed by atoms with Crippen LogP contribution >= 0.6 is 0 Å². The molecule has 1 saturated carbocycles. The molecule has 16 heavy (non-hydrogen) atoms. The Morgan fingerprint density at radius 2 is 2.12 bits per heavy atom. The summed E-state index contributed by atoms with van der Waals surface area (Å²) in [4.78, 5) is 2.16. The van der Waals surface area contributed by atoms with E-state index in [2.05, 4.69) is 11.8 Å². The van der Waals surface area contributed by atoms with Crippen molar-refractivity contribution >= 4 is 9.84 Å². The molecule has 1 aliphatic rings. The van der Waals surface area contributed by atoms with Gasteiger partial charge in [0, 0.05) is 24.9 Å². The van der Waals surface area contributed by atoms with Gasteiger partial charge in [-0.1, -0.05) is 13.3 Å². The fraction of sp³-hybridized carbons (Fsp3) is 1.00. The van der Waals surface area contributed by atoms with Crippen LogP contribution in [0.2, 0.25) is 0 Å². The number of rotatable bonds is 5. The standard InChI is InChI=1S/C11H24N2O2S/c1-10-5-4-6-11(10,9-12)13(2)7-8-16(3,14)15/h10H,4-9,12H2,1-3H3. The molecule has 2 atom stereocenters. The van der Waals surface area contributed by atoms with E-state index in [4.69, 9.17) is 5.73 Å². The Balaban J connectivity index is 2.66. The first-order valence-corrected chi connectivity index (χ1v) is 7.97. The second-order valence-corrected chi connectivity index (χ2v) is 7.41. The summed E-state index contributed by atoms with van der Waals surface area (Å²) in [5, 5.41) is 0. The van der Waals surface area contributed by atoms with Crippen LogP contribution in [0.25, 0.3) is 0 Å². The molecular weight excluding hydrogens is 224 g/mol. The molecular formula is C11H24N2O2S. The Morgan fingerprint density at radius 3 is 2.50 bits per heavy atom. The molecule has 1 rings (SSSR count). The molecule has 0 heterocycles. The first-order valence-electron chi connectivity index (χ1n) is 5.91. The lowest BCUT2D eigenvalue weighted by atomic mass is 9.87. The molecule has 2 N–H and O–H groups in total.